The molecule has 0 N–H and O–H groups in total. The number of amides is 1. The summed E-state index contributed by atoms with van der Waals surface area (Å²) < 4.78 is 7.24. The van der Waals surface area contributed by atoms with Gasteiger partial charge in [0.25, 0.3) is 0 Å². The largest absolute Gasteiger partial charge is 0.443 e. The lowest BCUT2D eigenvalue weighted by atomic mass is 10.1. The molecule has 2 aromatic rings. The molecule has 1 aliphatic rings. The summed E-state index contributed by atoms with van der Waals surface area (Å²) in [5.41, 5.74) is 1.96. The number of rotatable bonds is 4. The van der Waals surface area contributed by atoms with Crippen LogP contribution in [0.4, 0.5) is 10.6 Å². The van der Waals surface area contributed by atoms with Crippen LogP contribution in [0.5, 0.6) is 0 Å². The quantitative estimate of drug-likeness (QED) is 0.787. The highest BCUT2D eigenvalue weighted by Gasteiger charge is 2.28. The van der Waals surface area contributed by atoms with Gasteiger partial charge in [0.1, 0.15) is 11.4 Å². The van der Waals surface area contributed by atoms with Gasteiger partial charge in [-0.1, -0.05) is 6.07 Å². The molecular weight excluding hydrogens is 332 g/mol. The Morgan fingerprint density at radius 1 is 1.35 bits per heavy atom. The zero-order valence-corrected chi connectivity index (χ0v) is 15.4. The number of aryl methyl sites for hydroxylation is 3. The molecular formula is C19H24N4O3. The molecule has 2 aromatic heterocycles. The van der Waals surface area contributed by atoms with Crippen molar-refractivity contribution in [1.29, 1.82) is 0 Å². The standard InChI is InChI=1S/C19H24N4O3/c1-19(2,3)26-18(25)23-9-4-5-15-6-7-16(21-17(15)23)8-10-22-12-14(13-24)11-20-22/h6-7,11-13H,4-5,8-10H2,1-3H3. The van der Waals surface area contributed by atoms with E-state index in [0.29, 0.717) is 30.9 Å². The highest BCUT2D eigenvalue weighted by molar-refractivity contribution is 5.88. The van der Waals surface area contributed by atoms with Crippen molar-refractivity contribution in [3.05, 3.63) is 41.3 Å². The van der Waals surface area contributed by atoms with Crippen LogP contribution in [0.2, 0.25) is 0 Å². The van der Waals surface area contributed by atoms with Crippen LogP contribution in [0.3, 0.4) is 0 Å². The van der Waals surface area contributed by atoms with Gasteiger partial charge in [-0.2, -0.15) is 5.10 Å². The van der Waals surface area contributed by atoms with E-state index in [0.717, 1.165) is 30.4 Å². The molecule has 0 saturated heterocycles. The molecule has 0 fully saturated rings. The molecule has 0 saturated carbocycles. The summed E-state index contributed by atoms with van der Waals surface area (Å²) in [5, 5.41) is 4.15. The van der Waals surface area contributed by atoms with Gasteiger partial charge in [-0.25, -0.2) is 9.78 Å². The van der Waals surface area contributed by atoms with Gasteiger partial charge in [0.15, 0.2) is 6.29 Å². The van der Waals surface area contributed by atoms with Gasteiger partial charge in [-0.05, 0) is 45.2 Å². The number of aromatic nitrogens is 3. The Morgan fingerprint density at radius 2 is 2.15 bits per heavy atom. The van der Waals surface area contributed by atoms with Crippen LogP contribution >= 0.6 is 0 Å². The zero-order chi connectivity index (χ0) is 18.7. The molecule has 7 heteroatoms. The third-order valence-corrected chi connectivity index (χ3v) is 4.10. The minimum atomic E-state index is -0.539. The minimum absolute atomic E-state index is 0.356. The number of hydrogen-bond acceptors (Lipinski definition) is 5. The van der Waals surface area contributed by atoms with Crippen LogP contribution < -0.4 is 4.90 Å². The third kappa shape index (κ3) is 4.28. The topological polar surface area (TPSA) is 77.3 Å². The summed E-state index contributed by atoms with van der Waals surface area (Å²) in [5.74, 6) is 0.692. The number of ether oxygens (including phenoxy) is 1. The van der Waals surface area contributed by atoms with Crippen molar-refractivity contribution in [3.8, 4) is 0 Å². The number of anilines is 1. The molecule has 7 nitrogen and oxygen atoms in total. The first-order chi connectivity index (χ1) is 12.4. The number of carbonyl (C=O) groups is 2. The molecule has 0 radical (unpaired) electrons. The molecule has 138 valence electrons. The Hall–Kier alpha value is -2.70. The van der Waals surface area contributed by atoms with Crippen LogP contribution in [-0.4, -0.2) is 39.3 Å². The molecule has 26 heavy (non-hydrogen) atoms. The van der Waals surface area contributed by atoms with Crippen molar-refractivity contribution in [1.82, 2.24) is 14.8 Å². The first-order valence-electron chi connectivity index (χ1n) is 8.83. The van der Waals surface area contributed by atoms with Crippen molar-refractivity contribution in [2.24, 2.45) is 0 Å². The van der Waals surface area contributed by atoms with E-state index < -0.39 is 5.60 Å². The lowest BCUT2D eigenvalue weighted by molar-refractivity contribution is 0.0576. The fourth-order valence-electron chi connectivity index (χ4n) is 2.90. The summed E-state index contributed by atoms with van der Waals surface area (Å²) in [6.45, 7) is 6.80. The Kier molecular flexibility index (Phi) is 5.06. The van der Waals surface area contributed by atoms with E-state index in [1.807, 2.05) is 32.9 Å². The van der Waals surface area contributed by atoms with E-state index in [1.54, 1.807) is 15.8 Å². The lowest BCUT2D eigenvalue weighted by Gasteiger charge is -2.31. The summed E-state index contributed by atoms with van der Waals surface area (Å²) >= 11 is 0. The van der Waals surface area contributed by atoms with Crippen LogP contribution in [0.1, 0.15) is 48.8 Å². The maximum Gasteiger partial charge on any atom is 0.416 e. The highest BCUT2D eigenvalue weighted by Crippen LogP contribution is 2.27. The van der Waals surface area contributed by atoms with Gasteiger partial charge in [0, 0.05) is 31.4 Å². The Bertz CT molecular complexity index is 807. The number of nitrogens with zero attached hydrogens (tertiary/aromatic N) is 4. The maximum absolute atomic E-state index is 12.5. The van der Waals surface area contributed by atoms with Gasteiger partial charge in [-0.3, -0.25) is 14.4 Å². The molecule has 3 heterocycles. The van der Waals surface area contributed by atoms with Crippen LogP contribution in [-0.2, 0) is 24.1 Å². The normalized spacial score (nSPS) is 14.0. The number of pyridine rings is 1. The Labute approximate surface area is 153 Å². The SMILES string of the molecule is CC(C)(C)OC(=O)N1CCCc2ccc(CCn3cc(C=O)cn3)nc21. The summed E-state index contributed by atoms with van der Waals surface area (Å²) in [6.07, 6.45) is 6.13. The molecule has 1 aliphatic heterocycles. The van der Waals surface area contributed by atoms with Crippen molar-refractivity contribution in [2.45, 2.75) is 52.2 Å². The summed E-state index contributed by atoms with van der Waals surface area (Å²) in [4.78, 5) is 29.6. The molecule has 0 atom stereocenters. The van der Waals surface area contributed by atoms with E-state index in [-0.39, 0.29) is 6.09 Å². The number of fused-ring (bicyclic) bond motifs is 1. The van der Waals surface area contributed by atoms with Crippen molar-refractivity contribution in [2.75, 3.05) is 11.4 Å². The van der Waals surface area contributed by atoms with Crippen molar-refractivity contribution < 1.29 is 14.3 Å². The second-order valence-electron chi connectivity index (χ2n) is 7.43. The fraction of sp³-hybridized carbons (Fsp3) is 0.474. The van der Waals surface area contributed by atoms with E-state index in [9.17, 15) is 9.59 Å². The van der Waals surface area contributed by atoms with E-state index in [4.69, 9.17) is 9.72 Å². The third-order valence-electron chi connectivity index (χ3n) is 4.10. The number of carbonyl (C=O) groups excluding carboxylic acids is 2. The molecule has 0 spiro atoms. The Morgan fingerprint density at radius 3 is 2.85 bits per heavy atom. The second kappa shape index (κ2) is 7.27. The average Bonchev–Trinajstić information content (AvgIpc) is 3.06. The van der Waals surface area contributed by atoms with Gasteiger partial charge in [-0.15, -0.1) is 0 Å². The summed E-state index contributed by atoms with van der Waals surface area (Å²) in [6, 6.07) is 4.02. The zero-order valence-electron chi connectivity index (χ0n) is 15.4. The van der Waals surface area contributed by atoms with Crippen LogP contribution in [0.25, 0.3) is 0 Å². The fourth-order valence-corrected chi connectivity index (χ4v) is 2.90. The van der Waals surface area contributed by atoms with Crippen molar-refractivity contribution in [3.63, 3.8) is 0 Å². The van der Waals surface area contributed by atoms with Gasteiger partial charge in [0.2, 0.25) is 0 Å². The Balaban J connectivity index is 1.75. The molecule has 0 aliphatic carbocycles. The minimum Gasteiger partial charge on any atom is -0.443 e. The predicted molar refractivity (Wildman–Crippen MR) is 97.5 cm³/mol. The van der Waals surface area contributed by atoms with E-state index >= 15 is 0 Å². The smallest absolute Gasteiger partial charge is 0.416 e. The maximum atomic E-state index is 12.5. The molecule has 0 unspecified atom stereocenters. The number of aldehydes is 1. The summed E-state index contributed by atoms with van der Waals surface area (Å²) in [7, 11) is 0. The molecule has 1 amide bonds. The van der Waals surface area contributed by atoms with Crippen molar-refractivity contribution >= 4 is 18.2 Å². The highest BCUT2D eigenvalue weighted by atomic mass is 16.6. The number of hydrogen-bond donors (Lipinski definition) is 0. The van der Waals surface area contributed by atoms with Crippen LogP contribution in [0, 0.1) is 0 Å². The lowest BCUT2D eigenvalue weighted by Crippen LogP contribution is -2.40. The first kappa shape index (κ1) is 18.1. The average molecular weight is 356 g/mol. The van der Waals surface area contributed by atoms with Gasteiger partial charge < -0.3 is 4.74 Å². The predicted octanol–water partition coefficient (Wildman–Crippen LogP) is 3.02. The monoisotopic (exact) mass is 356 g/mol. The molecule has 3 rings (SSSR count). The van der Waals surface area contributed by atoms with Crippen LogP contribution in [0.15, 0.2) is 24.5 Å². The second-order valence-corrected chi connectivity index (χ2v) is 7.43. The van der Waals surface area contributed by atoms with Gasteiger partial charge >= 0.3 is 6.09 Å². The van der Waals surface area contributed by atoms with Gasteiger partial charge in [0.05, 0.1) is 11.8 Å². The van der Waals surface area contributed by atoms with E-state index in [2.05, 4.69) is 5.10 Å². The molecule has 0 aromatic carbocycles. The molecule has 0 bridgehead atoms. The van der Waals surface area contributed by atoms with E-state index in [1.165, 1.54) is 6.20 Å². The first-order valence-corrected chi connectivity index (χ1v) is 8.83.